The molecule has 3 rings (SSSR count). The van der Waals surface area contributed by atoms with Gasteiger partial charge in [-0.25, -0.2) is 0 Å². The molecule has 1 aliphatic heterocycles. The first-order valence-corrected chi connectivity index (χ1v) is 7.69. The molecule has 1 aromatic carbocycles. The molecule has 1 N–H and O–H groups in total. The van der Waals surface area contributed by atoms with Gasteiger partial charge in [-0.1, -0.05) is 30.3 Å². The summed E-state index contributed by atoms with van der Waals surface area (Å²) in [4.78, 5) is 18.5. The van der Waals surface area contributed by atoms with Gasteiger partial charge in [0.15, 0.2) is 0 Å². The van der Waals surface area contributed by atoms with Crippen molar-refractivity contribution in [1.82, 2.24) is 9.88 Å². The zero-order valence-electron chi connectivity index (χ0n) is 12.4. The number of carbonyl (C=O) groups is 1. The number of aliphatic hydroxyl groups excluding tert-OH is 1. The fraction of sp³-hybridized carbons (Fsp3) is 0.333. The van der Waals surface area contributed by atoms with Crippen molar-refractivity contribution in [2.75, 3.05) is 6.54 Å². The fourth-order valence-corrected chi connectivity index (χ4v) is 3.07. The maximum atomic E-state index is 12.6. The number of hydrogen-bond acceptors (Lipinski definition) is 3. The summed E-state index contributed by atoms with van der Waals surface area (Å²) in [6, 6.07) is 13.3. The van der Waals surface area contributed by atoms with Gasteiger partial charge in [0.2, 0.25) is 0 Å². The largest absolute Gasteiger partial charge is 0.388 e. The van der Waals surface area contributed by atoms with Gasteiger partial charge in [0.1, 0.15) is 0 Å². The minimum absolute atomic E-state index is 0.0101. The Morgan fingerprint density at radius 3 is 2.82 bits per heavy atom. The van der Waals surface area contributed by atoms with Crippen molar-refractivity contribution in [1.29, 1.82) is 0 Å². The summed E-state index contributed by atoms with van der Waals surface area (Å²) in [6.45, 7) is 0.750. The molecule has 114 valence electrons. The second kappa shape index (κ2) is 6.71. The van der Waals surface area contributed by atoms with Crippen LogP contribution < -0.4 is 0 Å². The normalized spacial score (nSPS) is 19.1. The summed E-state index contributed by atoms with van der Waals surface area (Å²) in [5.41, 5.74) is 1.52. The molecule has 2 aromatic rings. The number of likely N-dealkylation sites (tertiary alicyclic amines) is 1. The molecule has 1 saturated heterocycles. The summed E-state index contributed by atoms with van der Waals surface area (Å²) < 4.78 is 0. The third kappa shape index (κ3) is 3.17. The standard InChI is InChI=1S/C18H20N2O2/c21-17(14-6-2-1-3-7-14)12-16-9-5-11-20(16)18(22)15-8-4-10-19-13-15/h1-4,6-8,10,13,16-17,21H,5,9,11-12H2/t16-,17+/m0/s1. The van der Waals surface area contributed by atoms with Crippen molar-refractivity contribution in [2.24, 2.45) is 0 Å². The van der Waals surface area contributed by atoms with Crippen LogP contribution in [0.3, 0.4) is 0 Å². The van der Waals surface area contributed by atoms with Crippen LogP contribution in [0, 0.1) is 0 Å². The Morgan fingerprint density at radius 1 is 1.27 bits per heavy atom. The quantitative estimate of drug-likeness (QED) is 0.944. The van der Waals surface area contributed by atoms with E-state index in [4.69, 9.17) is 0 Å². The highest BCUT2D eigenvalue weighted by Gasteiger charge is 2.31. The van der Waals surface area contributed by atoms with Crippen LogP contribution in [0.4, 0.5) is 0 Å². The van der Waals surface area contributed by atoms with E-state index in [0.29, 0.717) is 12.0 Å². The topological polar surface area (TPSA) is 53.4 Å². The van der Waals surface area contributed by atoms with Gasteiger partial charge in [0.05, 0.1) is 11.7 Å². The van der Waals surface area contributed by atoms with Gasteiger partial charge >= 0.3 is 0 Å². The molecule has 1 fully saturated rings. The Hall–Kier alpha value is -2.20. The molecule has 1 amide bonds. The lowest BCUT2D eigenvalue weighted by molar-refractivity contribution is 0.0666. The van der Waals surface area contributed by atoms with E-state index in [2.05, 4.69) is 4.98 Å². The third-order valence-electron chi connectivity index (χ3n) is 4.23. The Morgan fingerprint density at radius 2 is 2.09 bits per heavy atom. The minimum Gasteiger partial charge on any atom is -0.388 e. The second-order valence-electron chi connectivity index (χ2n) is 5.70. The summed E-state index contributed by atoms with van der Waals surface area (Å²) in [6.07, 6.45) is 5.24. The van der Waals surface area contributed by atoms with Gasteiger partial charge in [-0.2, -0.15) is 0 Å². The smallest absolute Gasteiger partial charge is 0.255 e. The highest BCUT2D eigenvalue weighted by Crippen LogP contribution is 2.28. The Labute approximate surface area is 130 Å². The number of pyridine rings is 1. The average Bonchev–Trinajstić information content (AvgIpc) is 3.04. The van der Waals surface area contributed by atoms with Crippen LogP contribution in [-0.2, 0) is 0 Å². The highest BCUT2D eigenvalue weighted by molar-refractivity contribution is 5.94. The fourth-order valence-electron chi connectivity index (χ4n) is 3.07. The molecule has 0 unspecified atom stereocenters. The van der Waals surface area contributed by atoms with Crippen LogP contribution in [0.2, 0.25) is 0 Å². The number of aromatic nitrogens is 1. The van der Waals surface area contributed by atoms with Gasteiger partial charge in [0, 0.05) is 25.0 Å². The van der Waals surface area contributed by atoms with E-state index in [9.17, 15) is 9.90 Å². The van der Waals surface area contributed by atoms with E-state index in [-0.39, 0.29) is 11.9 Å². The predicted octanol–water partition coefficient (Wildman–Crippen LogP) is 2.81. The molecular weight excluding hydrogens is 276 g/mol. The molecule has 1 aromatic heterocycles. The Kier molecular flexibility index (Phi) is 4.49. The van der Waals surface area contributed by atoms with E-state index in [1.807, 2.05) is 35.2 Å². The van der Waals surface area contributed by atoms with E-state index < -0.39 is 6.10 Å². The SMILES string of the molecule is O=C(c1cccnc1)N1CCC[C@H]1C[C@@H](O)c1ccccc1. The predicted molar refractivity (Wildman–Crippen MR) is 84.3 cm³/mol. The van der Waals surface area contributed by atoms with Gasteiger partial charge in [-0.15, -0.1) is 0 Å². The van der Waals surface area contributed by atoms with Gasteiger partial charge in [0.25, 0.3) is 5.91 Å². The Balaban J connectivity index is 1.70. The maximum absolute atomic E-state index is 12.6. The summed E-state index contributed by atoms with van der Waals surface area (Å²) in [5.74, 6) is 0.0101. The van der Waals surface area contributed by atoms with E-state index in [1.54, 1.807) is 24.5 Å². The van der Waals surface area contributed by atoms with Crippen LogP contribution in [0.15, 0.2) is 54.9 Å². The van der Waals surface area contributed by atoms with Crippen LogP contribution in [0.1, 0.15) is 41.3 Å². The van der Waals surface area contributed by atoms with Crippen LogP contribution in [0.5, 0.6) is 0 Å². The average molecular weight is 296 g/mol. The van der Waals surface area contributed by atoms with E-state index in [1.165, 1.54) is 0 Å². The van der Waals surface area contributed by atoms with Crippen molar-refractivity contribution in [2.45, 2.75) is 31.4 Å². The van der Waals surface area contributed by atoms with Gasteiger partial charge in [-0.3, -0.25) is 9.78 Å². The molecular formula is C18H20N2O2. The van der Waals surface area contributed by atoms with Crippen LogP contribution in [0.25, 0.3) is 0 Å². The molecule has 2 atom stereocenters. The van der Waals surface area contributed by atoms with E-state index in [0.717, 1.165) is 24.9 Å². The molecule has 0 bridgehead atoms. The van der Waals surface area contributed by atoms with E-state index >= 15 is 0 Å². The van der Waals surface area contributed by atoms with Crippen LogP contribution in [-0.4, -0.2) is 33.5 Å². The first-order valence-electron chi connectivity index (χ1n) is 7.69. The summed E-state index contributed by atoms with van der Waals surface area (Å²) in [7, 11) is 0. The molecule has 4 nitrogen and oxygen atoms in total. The van der Waals surface area contributed by atoms with Gasteiger partial charge in [-0.05, 0) is 37.0 Å². The number of hydrogen-bond donors (Lipinski definition) is 1. The highest BCUT2D eigenvalue weighted by atomic mass is 16.3. The number of amides is 1. The molecule has 0 aliphatic carbocycles. The lowest BCUT2D eigenvalue weighted by atomic mass is 10.0. The lowest BCUT2D eigenvalue weighted by Gasteiger charge is -2.26. The van der Waals surface area contributed by atoms with Crippen molar-refractivity contribution >= 4 is 5.91 Å². The number of nitrogens with zero attached hydrogens (tertiary/aromatic N) is 2. The molecule has 0 spiro atoms. The first-order chi connectivity index (χ1) is 10.8. The lowest BCUT2D eigenvalue weighted by Crippen LogP contribution is -2.36. The molecule has 0 saturated carbocycles. The first kappa shape index (κ1) is 14.7. The molecule has 22 heavy (non-hydrogen) atoms. The van der Waals surface area contributed by atoms with Gasteiger partial charge < -0.3 is 10.0 Å². The summed E-state index contributed by atoms with van der Waals surface area (Å²) in [5, 5.41) is 10.4. The maximum Gasteiger partial charge on any atom is 0.255 e. The molecule has 0 radical (unpaired) electrons. The second-order valence-corrected chi connectivity index (χ2v) is 5.70. The zero-order valence-corrected chi connectivity index (χ0v) is 12.4. The van der Waals surface area contributed by atoms with Crippen molar-refractivity contribution in [3.63, 3.8) is 0 Å². The third-order valence-corrected chi connectivity index (χ3v) is 4.23. The Bertz CT molecular complexity index is 615. The number of carbonyl (C=O) groups excluding carboxylic acids is 1. The van der Waals surface area contributed by atoms with Crippen molar-refractivity contribution < 1.29 is 9.90 Å². The number of rotatable bonds is 4. The number of aliphatic hydroxyl groups is 1. The van der Waals surface area contributed by atoms with Crippen molar-refractivity contribution in [3.05, 3.63) is 66.0 Å². The number of benzene rings is 1. The monoisotopic (exact) mass is 296 g/mol. The summed E-state index contributed by atoms with van der Waals surface area (Å²) >= 11 is 0. The molecule has 4 heteroatoms. The van der Waals surface area contributed by atoms with Crippen LogP contribution >= 0.6 is 0 Å². The molecule has 1 aliphatic rings. The molecule has 2 heterocycles. The van der Waals surface area contributed by atoms with Crippen molar-refractivity contribution in [3.8, 4) is 0 Å². The minimum atomic E-state index is -0.534. The zero-order chi connectivity index (χ0) is 15.4.